The third-order valence-corrected chi connectivity index (χ3v) is 9.31. The average Bonchev–Trinajstić information content (AvgIpc) is 3.02. The zero-order valence-electron chi connectivity index (χ0n) is 26.7. The quantitative estimate of drug-likeness (QED) is 0.183. The van der Waals surface area contributed by atoms with E-state index in [1.165, 1.54) is 23.1 Å². The number of hydrogen-bond donors (Lipinski definition) is 1. The van der Waals surface area contributed by atoms with Crippen LogP contribution in [0.1, 0.15) is 41.7 Å². The molecule has 47 heavy (non-hydrogen) atoms. The molecule has 4 aromatic rings. The Morgan fingerprint density at radius 1 is 0.787 bits per heavy atom. The topological polar surface area (TPSA) is 86.8 Å². The molecule has 0 saturated carbocycles. The first-order chi connectivity index (χ1) is 22.1. The third-order valence-electron chi connectivity index (χ3n) is 7.52. The third kappa shape index (κ3) is 9.22. The zero-order valence-corrected chi connectivity index (χ0v) is 27.5. The molecule has 0 aliphatic rings. The minimum Gasteiger partial charge on any atom is -0.352 e. The van der Waals surface area contributed by atoms with Gasteiger partial charge in [0.25, 0.3) is 10.0 Å². The Labute approximate surface area is 274 Å². The van der Waals surface area contributed by atoms with Gasteiger partial charge in [-0.2, -0.15) is 13.2 Å². The average molecular weight is 666 g/mol. The number of anilines is 1. The first kappa shape index (κ1) is 35.2. The maximum atomic E-state index is 14.5. The Kier molecular flexibility index (Phi) is 11.1. The van der Waals surface area contributed by atoms with Crippen molar-refractivity contribution in [1.82, 2.24) is 10.2 Å². The summed E-state index contributed by atoms with van der Waals surface area (Å²) in [6.45, 7) is 6.33. The number of sulfonamides is 1. The van der Waals surface area contributed by atoms with E-state index in [9.17, 15) is 31.2 Å². The van der Waals surface area contributed by atoms with E-state index in [-0.39, 0.29) is 29.6 Å². The van der Waals surface area contributed by atoms with E-state index in [4.69, 9.17) is 0 Å². The maximum Gasteiger partial charge on any atom is 0.416 e. The van der Waals surface area contributed by atoms with E-state index in [0.717, 1.165) is 28.8 Å². The molecule has 0 saturated heterocycles. The van der Waals surface area contributed by atoms with Gasteiger partial charge in [-0.1, -0.05) is 83.9 Å². The molecule has 4 aromatic carbocycles. The van der Waals surface area contributed by atoms with Gasteiger partial charge in [0.15, 0.2) is 0 Å². The lowest BCUT2D eigenvalue weighted by atomic mass is 10.0. The van der Waals surface area contributed by atoms with Crippen molar-refractivity contribution in [2.45, 2.75) is 63.8 Å². The molecule has 0 fully saturated rings. The fraction of sp³-hybridized carbons (Fsp3) is 0.278. The Bertz CT molecular complexity index is 1780. The van der Waals surface area contributed by atoms with E-state index in [0.29, 0.717) is 15.9 Å². The smallest absolute Gasteiger partial charge is 0.352 e. The molecule has 11 heteroatoms. The summed E-state index contributed by atoms with van der Waals surface area (Å²) in [6, 6.07) is 24.7. The normalized spacial score (nSPS) is 12.4. The lowest BCUT2D eigenvalue weighted by Gasteiger charge is -2.34. The Hall–Kier alpha value is -4.64. The number of halogens is 3. The first-order valence-corrected chi connectivity index (χ1v) is 16.5. The zero-order chi connectivity index (χ0) is 34.4. The van der Waals surface area contributed by atoms with Crippen molar-refractivity contribution in [3.63, 3.8) is 0 Å². The van der Waals surface area contributed by atoms with E-state index in [1.54, 1.807) is 32.9 Å². The summed E-state index contributed by atoms with van der Waals surface area (Å²) in [5.41, 5.74) is 1.79. The van der Waals surface area contributed by atoms with Crippen LogP contribution in [0.5, 0.6) is 0 Å². The van der Waals surface area contributed by atoms with E-state index >= 15 is 0 Å². The number of carbonyl (C=O) groups is 2. The molecule has 7 nitrogen and oxygen atoms in total. The van der Waals surface area contributed by atoms with Gasteiger partial charge in [-0.25, -0.2) is 8.42 Å². The minimum absolute atomic E-state index is 0.0524. The molecule has 0 aliphatic heterocycles. The molecule has 4 rings (SSSR count). The summed E-state index contributed by atoms with van der Waals surface area (Å²) in [4.78, 5) is 29.3. The number of nitrogens with zero attached hydrogens (tertiary/aromatic N) is 2. The van der Waals surface area contributed by atoms with Gasteiger partial charge in [0.1, 0.15) is 12.6 Å². The molecule has 1 N–H and O–H groups in total. The number of carbonyl (C=O) groups excluding carboxylic acids is 2. The molecule has 1 atom stereocenters. The molecule has 0 bridgehead atoms. The van der Waals surface area contributed by atoms with Crippen LogP contribution in [0.15, 0.2) is 108 Å². The fourth-order valence-corrected chi connectivity index (χ4v) is 6.43. The molecule has 0 spiro atoms. The minimum atomic E-state index is -4.76. The van der Waals surface area contributed by atoms with Crippen LogP contribution in [0.4, 0.5) is 18.9 Å². The summed E-state index contributed by atoms with van der Waals surface area (Å²) in [5.74, 6) is -1.21. The molecule has 0 aromatic heterocycles. The fourth-order valence-electron chi connectivity index (χ4n) is 5.03. The van der Waals surface area contributed by atoms with Crippen molar-refractivity contribution in [2.75, 3.05) is 10.8 Å². The largest absolute Gasteiger partial charge is 0.416 e. The molecule has 0 aliphatic carbocycles. The van der Waals surface area contributed by atoms with Crippen molar-refractivity contribution in [2.24, 2.45) is 0 Å². The molecular weight excluding hydrogens is 627 g/mol. The van der Waals surface area contributed by atoms with Crippen molar-refractivity contribution in [3.8, 4) is 0 Å². The molecular formula is C36H38F3N3O4S. The second kappa shape index (κ2) is 14.8. The van der Waals surface area contributed by atoms with Crippen LogP contribution in [-0.2, 0) is 38.8 Å². The molecule has 248 valence electrons. The lowest BCUT2D eigenvalue weighted by molar-refractivity contribution is -0.140. The molecule has 0 unspecified atom stereocenters. The van der Waals surface area contributed by atoms with Crippen LogP contribution in [0, 0.1) is 13.8 Å². The predicted molar refractivity (Wildman–Crippen MR) is 176 cm³/mol. The number of hydrogen-bond acceptors (Lipinski definition) is 4. The summed E-state index contributed by atoms with van der Waals surface area (Å²) < 4.78 is 70.2. The first-order valence-electron chi connectivity index (χ1n) is 15.1. The Morgan fingerprint density at radius 3 is 1.96 bits per heavy atom. The van der Waals surface area contributed by atoms with Crippen molar-refractivity contribution < 1.29 is 31.2 Å². The van der Waals surface area contributed by atoms with E-state index in [2.05, 4.69) is 5.32 Å². The van der Waals surface area contributed by atoms with Crippen LogP contribution in [0.25, 0.3) is 0 Å². The number of amides is 2. The number of nitrogens with one attached hydrogen (secondary N) is 1. The second-order valence-corrected chi connectivity index (χ2v) is 13.6. The second-order valence-electron chi connectivity index (χ2n) is 11.7. The standard InChI is InChI=1S/C36H38F3N3O4S/c1-25(2)40-35(44)33(21-28-9-6-5-7-10-28)41(23-29-17-13-26(3)14-18-29)34(43)24-42(31-12-8-11-30(22-31)36(37,38)39)47(45,46)32-19-15-27(4)16-20-32/h5-20,22,25,33H,21,23-24H2,1-4H3,(H,40,44)/t33-/m0/s1. The van der Waals surface area contributed by atoms with Gasteiger partial charge in [-0.15, -0.1) is 0 Å². The van der Waals surface area contributed by atoms with Crippen molar-refractivity contribution in [3.05, 3.63) is 131 Å². The molecule has 0 radical (unpaired) electrons. The van der Waals surface area contributed by atoms with Crippen molar-refractivity contribution in [1.29, 1.82) is 0 Å². The summed E-state index contributed by atoms with van der Waals surface area (Å²) >= 11 is 0. The highest BCUT2D eigenvalue weighted by molar-refractivity contribution is 7.92. The maximum absolute atomic E-state index is 14.5. The lowest BCUT2D eigenvalue weighted by Crippen LogP contribution is -2.54. The highest BCUT2D eigenvalue weighted by atomic mass is 32.2. The predicted octanol–water partition coefficient (Wildman–Crippen LogP) is 6.68. The summed E-state index contributed by atoms with van der Waals surface area (Å²) in [7, 11) is -4.55. The Balaban J connectivity index is 1.84. The highest BCUT2D eigenvalue weighted by Gasteiger charge is 2.36. The van der Waals surface area contributed by atoms with Crippen molar-refractivity contribution >= 4 is 27.5 Å². The number of benzene rings is 4. The summed E-state index contributed by atoms with van der Waals surface area (Å²) in [6.07, 6.45) is -4.64. The Morgan fingerprint density at radius 2 is 1.38 bits per heavy atom. The molecule has 2 amide bonds. The number of alkyl halides is 3. The van der Waals surface area contributed by atoms with Gasteiger partial charge in [0.2, 0.25) is 11.8 Å². The van der Waals surface area contributed by atoms with Crippen LogP contribution >= 0.6 is 0 Å². The van der Waals surface area contributed by atoms with Gasteiger partial charge in [0.05, 0.1) is 16.1 Å². The SMILES string of the molecule is Cc1ccc(CN(C(=O)CN(c2cccc(C(F)(F)F)c2)S(=O)(=O)c2ccc(C)cc2)[C@@H](Cc2ccccc2)C(=O)NC(C)C)cc1. The van der Waals surface area contributed by atoms with Gasteiger partial charge in [0, 0.05) is 19.0 Å². The van der Waals surface area contributed by atoms with Crippen LogP contribution < -0.4 is 9.62 Å². The van der Waals surface area contributed by atoms with E-state index < -0.39 is 46.2 Å². The van der Waals surface area contributed by atoms with E-state index in [1.807, 2.05) is 61.5 Å². The highest BCUT2D eigenvalue weighted by Crippen LogP contribution is 2.33. The van der Waals surface area contributed by atoms with Crippen LogP contribution in [-0.4, -0.2) is 43.8 Å². The molecule has 0 heterocycles. The van der Waals surface area contributed by atoms with Crippen LogP contribution in [0.2, 0.25) is 0 Å². The van der Waals surface area contributed by atoms with Gasteiger partial charge < -0.3 is 10.2 Å². The number of rotatable bonds is 12. The summed E-state index contributed by atoms with van der Waals surface area (Å²) in [5, 5.41) is 2.87. The van der Waals surface area contributed by atoms with Crippen LogP contribution in [0.3, 0.4) is 0 Å². The van der Waals surface area contributed by atoms with Gasteiger partial charge in [-0.3, -0.25) is 13.9 Å². The monoisotopic (exact) mass is 665 g/mol. The number of aryl methyl sites for hydroxylation is 2. The van der Waals surface area contributed by atoms with Gasteiger partial charge >= 0.3 is 6.18 Å². The van der Waals surface area contributed by atoms with Gasteiger partial charge in [-0.05, 0) is 69.2 Å².